The SMILES string of the molecule is Cc1c(OCCCN[C@@H](Cc2ccncc2)C(=O)O)cccc1-c1cccc(OCCCN2CC[C@@H](O)C2)c1C. The number of aromatic nitrogens is 1. The lowest BCUT2D eigenvalue weighted by atomic mass is 9.95. The van der Waals surface area contributed by atoms with Crippen molar-refractivity contribution in [2.24, 2.45) is 0 Å². The maximum absolute atomic E-state index is 11.7. The van der Waals surface area contributed by atoms with Gasteiger partial charge in [-0.25, -0.2) is 0 Å². The fourth-order valence-electron chi connectivity index (χ4n) is 5.14. The van der Waals surface area contributed by atoms with Crippen molar-refractivity contribution in [2.45, 2.75) is 51.7 Å². The standard InChI is InChI=1S/C32H41N3O5/c1-23-27(28-8-4-10-31(24(28)2)40-20-6-17-35-18-13-26(36)22-35)7-3-9-30(23)39-19-5-14-34-29(32(37)38)21-25-11-15-33-16-12-25/h3-4,7-12,15-16,26,29,34,36H,5-6,13-14,17-22H2,1-2H3,(H,37,38)/t26-,29+/m1/s1. The maximum atomic E-state index is 11.7. The molecule has 0 bridgehead atoms. The first-order valence-electron chi connectivity index (χ1n) is 14.1. The molecule has 2 heterocycles. The molecule has 0 spiro atoms. The highest BCUT2D eigenvalue weighted by molar-refractivity contribution is 5.75. The van der Waals surface area contributed by atoms with Gasteiger partial charge in [-0.15, -0.1) is 0 Å². The van der Waals surface area contributed by atoms with E-state index in [9.17, 15) is 15.0 Å². The summed E-state index contributed by atoms with van der Waals surface area (Å²) in [4.78, 5) is 17.9. The van der Waals surface area contributed by atoms with Gasteiger partial charge in [0.1, 0.15) is 17.5 Å². The summed E-state index contributed by atoms with van der Waals surface area (Å²) in [7, 11) is 0. The van der Waals surface area contributed by atoms with Crippen molar-refractivity contribution in [1.82, 2.24) is 15.2 Å². The third-order valence-corrected chi connectivity index (χ3v) is 7.44. The van der Waals surface area contributed by atoms with Gasteiger partial charge in [0.05, 0.1) is 19.3 Å². The number of aliphatic hydroxyl groups is 1. The Morgan fingerprint density at radius 3 is 2.20 bits per heavy atom. The number of ether oxygens (including phenoxy) is 2. The van der Waals surface area contributed by atoms with Crippen LogP contribution in [-0.4, -0.2) is 77.6 Å². The number of β-amino-alcohol motifs (C(OH)–C–C–N with tert-alkyl or cyclic N) is 1. The summed E-state index contributed by atoms with van der Waals surface area (Å²) in [5.41, 5.74) is 5.31. The van der Waals surface area contributed by atoms with Crippen molar-refractivity contribution in [3.8, 4) is 22.6 Å². The van der Waals surface area contributed by atoms with Gasteiger partial charge in [0.15, 0.2) is 0 Å². The third-order valence-electron chi connectivity index (χ3n) is 7.44. The number of pyridine rings is 1. The molecule has 0 unspecified atom stereocenters. The number of aliphatic hydroxyl groups excluding tert-OH is 1. The van der Waals surface area contributed by atoms with Crippen LogP contribution >= 0.6 is 0 Å². The Balaban J connectivity index is 1.28. The van der Waals surface area contributed by atoms with Gasteiger partial charge >= 0.3 is 5.97 Å². The summed E-state index contributed by atoms with van der Waals surface area (Å²) < 4.78 is 12.3. The highest BCUT2D eigenvalue weighted by Crippen LogP contribution is 2.35. The Kier molecular flexibility index (Phi) is 10.9. The molecule has 0 saturated carbocycles. The van der Waals surface area contributed by atoms with Crippen molar-refractivity contribution in [3.05, 3.63) is 77.6 Å². The Morgan fingerprint density at radius 1 is 1.00 bits per heavy atom. The van der Waals surface area contributed by atoms with Gasteiger partial charge in [-0.1, -0.05) is 24.3 Å². The lowest BCUT2D eigenvalue weighted by Gasteiger charge is -2.18. The van der Waals surface area contributed by atoms with E-state index in [1.54, 1.807) is 12.4 Å². The predicted octanol–water partition coefficient (Wildman–Crippen LogP) is 4.26. The smallest absolute Gasteiger partial charge is 0.321 e. The second kappa shape index (κ2) is 14.8. The lowest BCUT2D eigenvalue weighted by molar-refractivity contribution is -0.139. The van der Waals surface area contributed by atoms with Crippen LogP contribution in [0, 0.1) is 13.8 Å². The van der Waals surface area contributed by atoms with Gasteiger partial charge in [-0.05, 0) is 98.2 Å². The topological polar surface area (TPSA) is 104 Å². The van der Waals surface area contributed by atoms with Crippen molar-refractivity contribution in [2.75, 3.05) is 39.4 Å². The van der Waals surface area contributed by atoms with E-state index in [2.05, 4.69) is 41.2 Å². The zero-order chi connectivity index (χ0) is 28.3. The second-order valence-electron chi connectivity index (χ2n) is 10.4. The quantitative estimate of drug-likeness (QED) is 0.243. The maximum Gasteiger partial charge on any atom is 0.321 e. The molecule has 0 amide bonds. The molecule has 2 atom stereocenters. The van der Waals surface area contributed by atoms with Crippen LogP contribution in [0.15, 0.2) is 60.9 Å². The minimum absolute atomic E-state index is 0.188. The van der Waals surface area contributed by atoms with Crippen LogP contribution in [-0.2, 0) is 11.2 Å². The van der Waals surface area contributed by atoms with E-state index >= 15 is 0 Å². The largest absolute Gasteiger partial charge is 0.493 e. The molecular weight excluding hydrogens is 506 g/mol. The zero-order valence-corrected chi connectivity index (χ0v) is 23.5. The van der Waals surface area contributed by atoms with Crippen LogP contribution in [0.3, 0.4) is 0 Å². The molecule has 3 aromatic rings. The number of benzene rings is 2. The average molecular weight is 548 g/mol. The minimum atomic E-state index is -0.866. The van der Waals surface area contributed by atoms with Gasteiger partial charge < -0.3 is 29.9 Å². The number of aliphatic carboxylic acids is 1. The molecule has 8 heteroatoms. The third kappa shape index (κ3) is 8.27. The highest BCUT2D eigenvalue weighted by atomic mass is 16.5. The normalized spacial score (nSPS) is 16.1. The van der Waals surface area contributed by atoms with Gasteiger partial charge in [-0.2, -0.15) is 0 Å². The summed E-state index contributed by atoms with van der Waals surface area (Å²) in [5, 5.41) is 22.4. The molecule has 1 aliphatic heterocycles. The Hall–Kier alpha value is -3.46. The molecule has 1 saturated heterocycles. The average Bonchev–Trinajstić information content (AvgIpc) is 3.37. The van der Waals surface area contributed by atoms with Gasteiger partial charge in [0.2, 0.25) is 0 Å². The van der Waals surface area contributed by atoms with E-state index in [1.165, 1.54) is 0 Å². The summed E-state index contributed by atoms with van der Waals surface area (Å²) >= 11 is 0. The fourth-order valence-corrected chi connectivity index (χ4v) is 5.14. The van der Waals surface area contributed by atoms with E-state index in [0.29, 0.717) is 32.6 Å². The summed E-state index contributed by atoms with van der Waals surface area (Å²) in [6, 6.07) is 15.2. The molecule has 1 aliphatic rings. The Labute approximate surface area is 237 Å². The number of carboxylic acid groups (broad SMARTS) is 1. The van der Waals surface area contributed by atoms with Crippen LogP contribution in [0.1, 0.15) is 36.0 Å². The van der Waals surface area contributed by atoms with E-state index in [0.717, 1.165) is 71.8 Å². The molecule has 8 nitrogen and oxygen atoms in total. The van der Waals surface area contributed by atoms with E-state index in [-0.39, 0.29) is 6.10 Å². The number of rotatable bonds is 15. The number of likely N-dealkylation sites (tertiary alicyclic amines) is 1. The van der Waals surface area contributed by atoms with Crippen molar-refractivity contribution in [1.29, 1.82) is 0 Å². The van der Waals surface area contributed by atoms with Crippen LogP contribution in [0.2, 0.25) is 0 Å². The number of carbonyl (C=O) groups is 1. The first-order chi connectivity index (χ1) is 19.4. The summed E-state index contributed by atoms with van der Waals surface area (Å²) in [5.74, 6) is 0.840. The minimum Gasteiger partial charge on any atom is -0.493 e. The van der Waals surface area contributed by atoms with Gasteiger partial charge in [0, 0.05) is 32.0 Å². The first kappa shape index (κ1) is 29.5. The molecule has 0 radical (unpaired) electrons. The van der Waals surface area contributed by atoms with Crippen LogP contribution in [0.4, 0.5) is 0 Å². The fraction of sp³-hybridized carbons (Fsp3) is 0.438. The van der Waals surface area contributed by atoms with E-state index < -0.39 is 12.0 Å². The second-order valence-corrected chi connectivity index (χ2v) is 10.4. The number of hydrogen-bond acceptors (Lipinski definition) is 7. The van der Waals surface area contributed by atoms with Crippen molar-refractivity contribution in [3.63, 3.8) is 0 Å². The molecule has 214 valence electrons. The molecule has 40 heavy (non-hydrogen) atoms. The molecule has 1 aromatic heterocycles. The molecule has 0 aliphatic carbocycles. The van der Waals surface area contributed by atoms with Gasteiger partial charge in [-0.3, -0.25) is 9.78 Å². The summed E-state index contributed by atoms with van der Waals surface area (Å²) in [6.07, 6.45) is 6.03. The Morgan fingerprint density at radius 2 is 1.62 bits per heavy atom. The van der Waals surface area contributed by atoms with Crippen LogP contribution in [0.25, 0.3) is 11.1 Å². The van der Waals surface area contributed by atoms with Gasteiger partial charge in [0.25, 0.3) is 0 Å². The molecule has 1 fully saturated rings. The van der Waals surface area contributed by atoms with E-state index in [1.807, 2.05) is 36.4 Å². The first-order valence-corrected chi connectivity index (χ1v) is 14.1. The van der Waals surface area contributed by atoms with Crippen LogP contribution < -0.4 is 14.8 Å². The molecule has 2 aromatic carbocycles. The molecule has 3 N–H and O–H groups in total. The van der Waals surface area contributed by atoms with E-state index in [4.69, 9.17) is 9.47 Å². The Bertz CT molecular complexity index is 1240. The summed E-state index contributed by atoms with van der Waals surface area (Å²) in [6.45, 7) is 8.47. The predicted molar refractivity (Wildman–Crippen MR) is 156 cm³/mol. The monoisotopic (exact) mass is 547 g/mol. The number of carboxylic acids is 1. The highest BCUT2D eigenvalue weighted by Gasteiger charge is 2.20. The lowest BCUT2D eigenvalue weighted by Crippen LogP contribution is -2.39. The van der Waals surface area contributed by atoms with Crippen LogP contribution in [0.5, 0.6) is 11.5 Å². The number of hydrogen-bond donors (Lipinski definition) is 3. The zero-order valence-electron chi connectivity index (χ0n) is 23.5. The van der Waals surface area contributed by atoms with Crippen molar-refractivity contribution < 1.29 is 24.5 Å². The van der Waals surface area contributed by atoms with Crippen molar-refractivity contribution >= 4 is 5.97 Å². The number of nitrogens with zero attached hydrogens (tertiary/aromatic N) is 2. The molecular formula is C32H41N3O5. The number of nitrogens with one attached hydrogen (secondary N) is 1. The molecule has 4 rings (SSSR count).